The Bertz CT molecular complexity index is 249. The minimum atomic E-state index is 0.0433. The molecule has 0 aromatic rings. The molecule has 1 heterocycles. The number of hydrogen-bond acceptors (Lipinski definition) is 3. The van der Waals surface area contributed by atoms with E-state index in [1.165, 1.54) is 0 Å². The average molecular weight is 274 g/mol. The first kappa shape index (κ1) is 15.6. The van der Waals surface area contributed by atoms with Crippen molar-refractivity contribution in [3.8, 4) is 0 Å². The second-order valence-corrected chi connectivity index (χ2v) is 5.97. The van der Waals surface area contributed by atoms with Gasteiger partial charge in [-0.25, -0.2) is 4.79 Å². The maximum absolute atomic E-state index is 12.2. The van der Waals surface area contributed by atoms with Gasteiger partial charge in [-0.1, -0.05) is 0 Å². The molecular weight excluding hydrogens is 248 g/mol. The van der Waals surface area contributed by atoms with Gasteiger partial charge >= 0.3 is 6.03 Å². The van der Waals surface area contributed by atoms with Crippen LogP contribution in [0.15, 0.2) is 0 Å². The molecule has 0 aromatic carbocycles. The summed E-state index contributed by atoms with van der Waals surface area (Å²) in [6.45, 7) is 3.04. The summed E-state index contributed by atoms with van der Waals surface area (Å²) in [5.74, 6) is 1.07. The quantitative estimate of drug-likeness (QED) is 0.779. The van der Waals surface area contributed by atoms with Crippen LogP contribution in [0, 0.1) is 0 Å². The van der Waals surface area contributed by atoms with Crippen molar-refractivity contribution in [1.29, 1.82) is 0 Å². The van der Waals surface area contributed by atoms with E-state index >= 15 is 0 Å². The maximum Gasteiger partial charge on any atom is 0.317 e. The number of aliphatic hydroxyl groups is 1. The summed E-state index contributed by atoms with van der Waals surface area (Å²) in [5.41, 5.74) is 0. The van der Waals surface area contributed by atoms with Crippen LogP contribution in [0.3, 0.4) is 0 Å². The minimum absolute atomic E-state index is 0.0433. The molecule has 0 spiro atoms. The SMILES string of the molecule is CSCC[C@H](C)NC(=O)N1CCCC[C@@H]1CCO. The number of nitrogens with one attached hydrogen (secondary N) is 1. The van der Waals surface area contributed by atoms with Crippen LogP contribution >= 0.6 is 11.8 Å². The van der Waals surface area contributed by atoms with Crippen molar-refractivity contribution in [2.24, 2.45) is 0 Å². The summed E-state index contributed by atoms with van der Waals surface area (Å²) in [4.78, 5) is 14.1. The summed E-state index contributed by atoms with van der Waals surface area (Å²) >= 11 is 1.80. The monoisotopic (exact) mass is 274 g/mol. The van der Waals surface area contributed by atoms with Crippen LogP contribution in [0.2, 0.25) is 0 Å². The van der Waals surface area contributed by atoms with Crippen LogP contribution in [0.1, 0.15) is 39.0 Å². The first-order valence-electron chi connectivity index (χ1n) is 6.86. The molecule has 0 radical (unpaired) electrons. The fourth-order valence-corrected chi connectivity index (χ4v) is 2.97. The number of hydrogen-bond donors (Lipinski definition) is 2. The van der Waals surface area contributed by atoms with E-state index in [2.05, 4.69) is 18.5 Å². The number of aliphatic hydroxyl groups excluding tert-OH is 1. The topological polar surface area (TPSA) is 52.6 Å². The van der Waals surface area contributed by atoms with Gasteiger partial charge in [-0.2, -0.15) is 11.8 Å². The number of carbonyl (C=O) groups excluding carboxylic acids is 1. The van der Waals surface area contributed by atoms with Gasteiger partial charge < -0.3 is 15.3 Å². The van der Waals surface area contributed by atoms with Crippen molar-refractivity contribution in [3.05, 3.63) is 0 Å². The van der Waals surface area contributed by atoms with E-state index < -0.39 is 0 Å². The van der Waals surface area contributed by atoms with Crippen molar-refractivity contribution < 1.29 is 9.90 Å². The van der Waals surface area contributed by atoms with Crippen LogP contribution in [-0.2, 0) is 0 Å². The maximum atomic E-state index is 12.2. The molecule has 2 amide bonds. The van der Waals surface area contributed by atoms with Crippen LogP contribution in [0.4, 0.5) is 4.79 Å². The summed E-state index contributed by atoms with van der Waals surface area (Å²) in [7, 11) is 0. The van der Waals surface area contributed by atoms with Crippen molar-refractivity contribution >= 4 is 17.8 Å². The zero-order chi connectivity index (χ0) is 13.4. The van der Waals surface area contributed by atoms with E-state index in [1.54, 1.807) is 11.8 Å². The number of thioether (sulfide) groups is 1. The predicted molar refractivity (Wildman–Crippen MR) is 77.0 cm³/mol. The van der Waals surface area contributed by atoms with E-state index in [-0.39, 0.29) is 24.7 Å². The molecule has 1 aliphatic heterocycles. The van der Waals surface area contributed by atoms with E-state index in [9.17, 15) is 4.79 Å². The molecule has 1 saturated heterocycles. The first-order chi connectivity index (χ1) is 8.69. The number of urea groups is 1. The number of piperidine rings is 1. The standard InChI is InChI=1S/C13H26N2O2S/c1-11(7-10-18-2)14-13(17)15-8-4-3-5-12(15)6-9-16/h11-12,16H,3-10H2,1-2H3,(H,14,17)/t11-,12+/m0/s1. The summed E-state index contributed by atoms with van der Waals surface area (Å²) in [6, 6.07) is 0.486. The molecule has 1 aliphatic rings. The Morgan fingerprint density at radius 2 is 2.33 bits per heavy atom. The van der Waals surface area contributed by atoms with Crippen molar-refractivity contribution in [1.82, 2.24) is 10.2 Å². The van der Waals surface area contributed by atoms with Gasteiger partial charge in [0.15, 0.2) is 0 Å². The van der Waals surface area contributed by atoms with Crippen LogP contribution in [0.5, 0.6) is 0 Å². The Hall–Kier alpha value is -0.420. The zero-order valence-corrected chi connectivity index (χ0v) is 12.3. The zero-order valence-electron chi connectivity index (χ0n) is 11.5. The highest BCUT2D eigenvalue weighted by atomic mass is 32.2. The molecule has 0 aromatic heterocycles. The molecule has 2 N–H and O–H groups in total. The largest absolute Gasteiger partial charge is 0.396 e. The Balaban J connectivity index is 2.42. The smallest absolute Gasteiger partial charge is 0.317 e. The lowest BCUT2D eigenvalue weighted by atomic mass is 10.00. The van der Waals surface area contributed by atoms with Crippen molar-refractivity contribution in [2.45, 2.75) is 51.1 Å². The normalized spacial score (nSPS) is 21.7. The summed E-state index contributed by atoms with van der Waals surface area (Å²) < 4.78 is 0. The third kappa shape index (κ3) is 5.06. The Morgan fingerprint density at radius 3 is 3.00 bits per heavy atom. The second kappa shape index (κ2) is 8.64. The van der Waals surface area contributed by atoms with Gasteiger partial charge in [0.25, 0.3) is 0 Å². The second-order valence-electron chi connectivity index (χ2n) is 4.99. The fraction of sp³-hybridized carbons (Fsp3) is 0.923. The van der Waals surface area contributed by atoms with Crippen molar-refractivity contribution in [3.63, 3.8) is 0 Å². The molecule has 1 rings (SSSR count). The molecule has 0 bridgehead atoms. The van der Waals surface area contributed by atoms with Gasteiger partial charge in [-0.05, 0) is 51.0 Å². The van der Waals surface area contributed by atoms with Gasteiger partial charge in [0, 0.05) is 25.2 Å². The van der Waals surface area contributed by atoms with Crippen molar-refractivity contribution in [2.75, 3.05) is 25.2 Å². The van der Waals surface area contributed by atoms with E-state index in [0.29, 0.717) is 6.42 Å². The molecule has 2 atom stereocenters. The molecule has 0 unspecified atom stereocenters. The molecule has 106 valence electrons. The number of nitrogens with zero attached hydrogens (tertiary/aromatic N) is 1. The molecule has 5 heteroatoms. The Morgan fingerprint density at radius 1 is 1.56 bits per heavy atom. The molecule has 1 fully saturated rings. The number of likely N-dealkylation sites (tertiary alicyclic amines) is 1. The molecular formula is C13H26N2O2S. The third-order valence-electron chi connectivity index (χ3n) is 3.48. The molecule has 0 aliphatic carbocycles. The number of carbonyl (C=O) groups is 1. The highest BCUT2D eigenvalue weighted by Crippen LogP contribution is 2.19. The van der Waals surface area contributed by atoms with Gasteiger partial charge in [-0.3, -0.25) is 0 Å². The van der Waals surface area contributed by atoms with E-state index in [1.807, 2.05) is 4.90 Å². The van der Waals surface area contributed by atoms with Gasteiger partial charge in [0.2, 0.25) is 0 Å². The Kier molecular flexibility index (Phi) is 7.51. The van der Waals surface area contributed by atoms with Crippen LogP contribution < -0.4 is 5.32 Å². The molecule has 18 heavy (non-hydrogen) atoms. The summed E-state index contributed by atoms with van der Waals surface area (Å²) in [5, 5.41) is 12.1. The summed E-state index contributed by atoms with van der Waals surface area (Å²) in [6.07, 6.45) is 7.05. The van der Waals surface area contributed by atoms with Gasteiger partial charge in [-0.15, -0.1) is 0 Å². The average Bonchev–Trinajstić information content (AvgIpc) is 2.37. The van der Waals surface area contributed by atoms with Gasteiger partial charge in [0.1, 0.15) is 0 Å². The number of amides is 2. The predicted octanol–water partition coefficient (Wildman–Crippen LogP) is 2.07. The highest BCUT2D eigenvalue weighted by molar-refractivity contribution is 7.98. The molecule has 4 nitrogen and oxygen atoms in total. The minimum Gasteiger partial charge on any atom is -0.396 e. The Labute approximate surface area is 115 Å². The number of rotatable bonds is 6. The lowest BCUT2D eigenvalue weighted by Gasteiger charge is -2.36. The fourth-order valence-electron chi connectivity index (χ4n) is 2.38. The highest BCUT2D eigenvalue weighted by Gasteiger charge is 2.26. The third-order valence-corrected chi connectivity index (χ3v) is 4.12. The van der Waals surface area contributed by atoms with Crippen LogP contribution in [-0.4, -0.2) is 53.3 Å². The first-order valence-corrected chi connectivity index (χ1v) is 8.25. The van der Waals surface area contributed by atoms with Gasteiger partial charge in [0.05, 0.1) is 0 Å². The van der Waals surface area contributed by atoms with Crippen LogP contribution in [0.25, 0.3) is 0 Å². The van der Waals surface area contributed by atoms with E-state index in [0.717, 1.165) is 38.0 Å². The molecule has 0 saturated carbocycles. The lowest BCUT2D eigenvalue weighted by molar-refractivity contribution is 0.130. The van der Waals surface area contributed by atoms with E-state index in [4.69, 9.17) is 5.11 Å². The lowest BCUT2D eigenvalue weighted by Crippen LogP contribution is -2.51.